The Morgan fingerprint density at radius 2 is 0.923 bits per heavy atom. The van der Waals surface area contributed by atoms with Gasteiger partial charge in [0.05, 0.1) is 0 Å². The molecule has 1 aliphatic rings. The van der Waals surface area contributed by atoms with Gasteiger partial charge < -0.3 is 0 Å². The van der Waals surface area contributed by atoms with Crippen LogP contribution in [0.1, 0.15) is 16.7 Å². The number of benzene rings is 3. The molecular formula is C24H15NO. The number of nitrogens with zero attached hydrogens (tertiary/aromatic N) is 1. The van der Waals surface area contributed by atoms with Crippen molar-refractivity contribution >= 4 is 22.5 Å². The topological polar surface area (TPSA) is 40.9 Å². The van der Waals surface area contributed by atoms with E-state index in [1.807, 2.05) is 91.0 Å². The number of carbonyl (C=O) groups excluding carboxylic acids is 1. The Morgan fingerprint density at radius 1 is 0.538 bits per heavy atom. The number of ketones is 1. The van der Waals surface area contributed by atoms with Crippen LogP contribution in [0.15, 0.2) is 96.6 Å². The van der Waals surface area contributed by atoms with E-state index in [9.17, 15) is 10.1 Å². The van der Waals surface area contributed by atoms with Crippen LogP contribution in [0.2, 0.25) is 0 Å². The molecular weight excluding hydrogens is 318 g/mol. The molecule has 3 aromatic rings. The fourth-order valence-electron chi connectivity index (χ4n) is 3.38. The molecule has 0 N–H and O–H groups in total. The van der Waals surface area contributed by atoms with Crippen molar-refractivity contribution < 1.29 is 4.79 Å². The summed E-state index contributed by atoms with van der Waals surface area (Å²) in [6.07, 6.45) is 0. The molecule has 0 saturated heterocycles. The lowest BCUT2D eigenvalue weighted by atomic mass is 9.90. The van der Waals surface area contributed by atoms with Gasteiger partial charge in [-0.2, -0.15) is 5.26 Å². The molecule has 3 aromatic carbocycles. The first-order chi connectivity index (χ1) is 12.8. The van der Waals surface area contributed by atoms with E-state index in [1.165, 1.54) is 0 Å². The Morgan fingerprint density at radius 3 is 1.35 bits per heavy atom. The van der Waals surface area contributed by atoms with Crippen LogP contribution in [0.4, 0.5) is 0 Å². The van der Waals surface area contributed by atoms with E-state index in [-0.39, 0.29) is 11.4 Å². The van der Waals surface area contributed by atoms with Gasteiger partial charge in [0.15, 0.2) is 0 Å². The Kier molecular flexibility index (Phi) is 4.05. The maximum atomic E-state index is 13.2. The number of allylic oxidation sites excluding steroid dienone is 4. The van der Waals surface area contributed by atoms with Gasteiger partial charge in [-0.3, -0.25) is 4.79 Å². The fourth-order valence-corrected chi connectivity index (χ4v) is 3.38. The molecule has 4 rings (SSSR count). The molecule has 26 heavy (non-hydrogen) atoms. The lowest BCUT2D eigenvalue weighted by molar-refractivity contribution is -0.110. The van der Waals surface area contributed by atoms with Crippen molar-refractivity contribution in [2.24, 2.45) is 0 Å². The van der Waals surface area contributed by atoms with E-state index in [0.29, 0.717) is 11.1 Å². The highest BCUT2D eigenvalue weighted by Crippen LogP contribution is 2.46. The molecule has 2 nitrogen and oxygen atoms in total. The zero-order valence-corrected chi connectivity index (χ0v) is 14.0. The average Bonchev–Trinajstić information content (AvgIpc) is 3.02. The molecule has 122 valence electrons. The van der Waals surface area contributed by atoms with Crippen LogP contribution in [0.25, 0.3) is 16.7 Å². The van der Waals surface area contributed by atoms with E-state index >= 15 is 0 Å². The Balaban J connectivity index is 2.07. The van der Waals surface area contributed by atoms with Gasteiger partial charge >= 0.3 is 0 Å². The lowest BCUT2D eigenvalue weighted by Crippen LogP contribution is -2.00. The van der Waals surface area contributed by atoms with Crippen LogP contribution in [0.3, 0.4) is 0 Å². The van der Waals surface area contributed by atoms with E-state index in [2.05, 4.69) is 6.07 Å². The van der Waals surface area contributed by atoms with Crippen molar-refractivity contribution in [2.75, 3.05) is 0 Å². The summed E-state index contributed by atoms with van der Waals surface area (Å²) in [7, 11) is 0. The van der Waals surface area contributed by atoms with Crippen molar-refractivity contribution in [3.05, 3.63) is 113 Å². The summed E-state index contributed by atoms with van der Waals surface area (Å²) in [5, 5.41) is 9.74. The lowest BCUT2D eigenvalue weighted by Gasteiger charge is -2.12. The quantitative estimate of drug-likeness (QED) is 0.664. The number of rotatable bonds is 3. The number of hydrogen-bond acceptors (Lipinski definition) is 2. The second-order valence-electron chi connectivity index (χ2n) is 6.04. The summed E-state index contributed by atoms with van der Waals surface area (Å²) in [6, 6.07) is 31.2. The Bertz CT molecular complexity index is 1070. The van der Waals surface area contributed by atoms with Crippen molar-refractivity contribution in [2.45, 2.75) is 0 Å². The second kappa shape index (κ2) is 6.66. The SMILES string of the molecule is N#CC1=C(c2ccccc2)C(c2ccccc2)=C(c2ccccc2)C1=O. The minimum Gasteiger partial charge on any atom is -0.288 e. The predicted molar refractivity (Wildman–Crippen MR) is 104 cm³/mol. The average molecular weight is 333 g/mol. The molecule has 0 bridgehead atoms. The van der Waals surface area contributed by atoms with Gasteiger partial charge in [-0.15, -0.1) is 0 Å². The molecule has 0 aliphatic heterocycles. The molecule has 0 radical (unpaired) electrons. The van der Waals surface area contributed by atoms with Crippen molar-refractivity contribution in [3.8, 4) is 6.07 Å². The summed E-state index contributed by atoms with van der Waals surface area (Å²) in [6.45, 7) is 0. The van der Waals surface area contributed by atoms with Crippen LogP contribution < -0.4 is 0 Å². The Hall–Kier alpha value is -3.70. The van der Waals surface area contributed by atoms with E-state index in [1.54, 1.807) is 0 Å². The molecule has 1 aliphatic carbocycles. The van der Waals surface area contributed by atoms with Crippen molar-refractivity contribution in [3.63, 3.8) is 0 Å². The summed E-state index contributed by atoms with van der Waals surface area (Å²) in [5.74, 6) is -0.212. The normalized spacial score (nSPS) is 13.9. The van der Waals surface area contributed by atoms with Crippen LogP contribution >= 0.6 is 0 Å². The Labute approximate surface area is 152 Å². The molecule has 0 amide bonds. The largest absolute Gasteiger partial charge is 0.288 e. The van der Waals surface area contributed by atoms with Gasteiger partial charge in [0.2, 0.25) is 5.78 Å². The van der Waals surface area contributed by atoms with Crippen LogP contribution in [-0.2, 0) is 4.79 Å². The minimum atomic E-state index is -0.212. The van der Waals surface area contributed by atoms with Crippen LogP contribution in [0.5, 0.6) is 0 Å². The summed E-state index contributed by atoms with van der Waals surface area (Å²) in [5.41, 5.74) is 4.97. The maximum absolute atomic E-state index is 13.2. The molecule has 0 atom stereocenters. The molecule has 0 aromatic heterocycles. The first-order valence-electron chi connectivity index (χ1n) is 8.41. The summed E-state index contributed by atoms with van der Waals surface area (Å²) in [4.78, 5) is 13.2. The highest BCUT2D eigenvalue weighted by Gasteiger charge is 2.34. The van der Waals surface area contributed by atoms with Gasteiger partial charge in [0, 0.05) is 16.7 Å². The van der Waals surface area contributed by atoms with E-state index in [0.717, 1.165) is 22.3 Å². The monoisotopic (exact) mass is 333 g/mol. The summed E-state index contributed by atoms with van der Waals surface area (Å²) < 4.78 is 0. The zero-order chi connectivity index (χ0) is 17.9. The number of Topliss-reactive ketones (excluding diaryl/α,β-unsaturated/α-hetero) is 1. The number of carbonyl (C=O) groups is 1. The maximum Gasteiger partial charge on any atom is 0.205 e. The van der Waals surface area contributed by atoms with E-state index < -0.39 is 0 Å². The molecule has 0 unspecified atom stereocenters. The third kappa shape index (κ3) is 2.56. The van der Waals surface area contributed by atoms with Gasteiger partial charge in [-0.25, -0.2) is 0 Å². The molecule has 0 saturated carbocycles. The second-order valence-corrected chi connectivity index (χ2v) is 6.04. The predicted octanol–water partition coefficient (Wildman–Crippen LogP) is 5.16. The minimum absolute atomic E-state index is 0.203. The molecule has 2 heteroatoms. The number of hydrogen-bond donors (Lipinski definition) is 0. The summed E-state index contributed by atoms with van der Waals surface area (Å²) >= 11 is 0. The van der Waals surface area contributed by atoms with Crippen LogP contribution in [0, 0.1) is 11.3 Å². The standard InChI is InChI=1S/C24H15NO/c25-16-20-21(17-10-4-1-5-11-17)22(18-12-6-2-7-13-18)23(24(20)26)19-14-8-3-9-15-19/h1-15H. The van der Waals surface area contributed by atoms with Crippen LogP contribution in [-0.4, -0.2) is 5.78 Å². The number of nitriles is 1. The highest BCUT2D eigenvalue weighted by atomic mass is 16.1. The fraction of sp³-hybridized carbons (Fsp3) is 0. The molecule has 0 spiro atoms. The first kappa shape index (κ1) is 15.8. The van der Waals surface area contributed by atoms with Gasteiger partial charge in [-0.1, -0.05) is 91.0 Å². The van der Waals surface area contributed by atoms with Crippen molar-refractivity contribution in [1.29, 1.82) is 5.26 Å². The van der Waals surface area contributed by atoms with Gasteiger partial charge in [-0.05, 0) is 16.7 Å². The van der Waals surface area contributed by atoms with E-state index in [4.69, 9.17) is 0 Å². The molecule has 0 heterocycles. The van der Waals surface area contributed by atoms with Crippen molar-refractivity contribution in [1.82, 2.24) is 0 Å². The highest BCUT2D eigenvalue weighted by molar-refractivity contribution is 6.48. The third-order valence-corrected chi connectivity index (χ3v) is 4.50. The smallest absolute Gasteiger partial charge is 0.205 e. The first-order valence-corrected chi connectivity index (χ1v) is 8.41. The van der Waals surface area contributed by atoms with Gasteiger partial charge in [0.1, 0.15) is 11.6 Å². The molecule has 0 fully saturated rings. The van der Waals surface area contributed by atoms with Gasteiger partial charge in [0.25, 0.3) is 0 Å². The third-order valence-electron chi connectivity index (χ3n) is 4.50. The zero-order valence-electron chi connectivity index (χ0n) is 14.0.